The molecule has 0 amide bonds. The van der Waals surface area contributed by atoms with E-state index < -0.39 is 0 Å². The highest BCUT2D eigenvalue weighted by molar-refractivity contribution is 9.10. The van der Waals surface area contributed by atoms with Crippen molar-refractivity contribution in [3.63, 3.8) is 0 Å². The van der Waals surface area contributed by atoms with E-state index in [-0.39, 0.29) is 0 Å². The lowest BCUT2D eigenvalue weighted by molar-refractivity contribution is 0.747. The van der Waals surface area contributed by atoms with E-state index in [9.17, 15) is 0 Å². The van der Waals surface area contributed by atoms with E-state index in [1.54, 1.807) is 18.5 Å². The Morgan fingerprint density at radius 2 is 2.07 bits per heavy atom. The number of hydrogen-bond acceptors (Lipinski definition) is 5. The number of pyridine rings is 1. The SMILES string of the molecule is S=C(NCCN(Cc1ccc(Cl)c(Cl)c1)c1ccc(Br)cn1)Nc1c[nH]nn1. The number of H-pyrrole nitrogens is 1. The Kier molecular flexibility index (Phi) is 7.43. The minimum absolute atomic E-state index is 0.465. The second-order valence-electron chi connectivity index (χ2n) is 5.74. The number of halogens is 3. The standard InChI is InChI=1S/C17H16BrCl2N7S/c18-12-2-4-16(22-8-12)27(10-11-1-3-13(19)14(20)7-11)6-5-21-17(28)24-15-9-23-26-25-15/h1-4,7-9H,5-6,10H2,(H3,21,23,24,25,26,28). The maximum atomic E-state index is 6.15. The lowest BCUT2D eigenvalue weighted by Crippen LogP contribution is -2.37. The molecule has 0 unspecified atom stereocenters. The van der Waals surface area contributed by atoms with E-state index in [0.29, 0.717) is 40.6 Å². The molecule has 28 heavy (non-hydrogen) atoms. The van der Waals surface area contributed by atoms with Gasteiger partial charge in [0.2, 0.25) is 0 Å². The minimum Gasteiger partial charge on any atom is -0.361 e. The fourth-order valence-electron chi connectivity index (χ4n) is 2.42. The number of rotatable bonds is 7. The van der Waals surface area contributed by atoms with Crippen LogP contribution in [0.4, 0.5) is 11.6 Å². The largest absolute Gasteiger partial charge is 0.361 e. The molecular formula is C17H16BrCl2N7S. The summed E-state index contributed by atoms with van der Waals surface area (Å²) in [5.74, 6) is 1.39. The fraction of sp³-hybridized carbons (Fsp3) is 0.176. The second-order valence-corrected chi connectivity index (χ2v) is 7.88. The van der Waals surface area contributed by atoms with Crippen molar-refractivity contribution in [2.45, 2.75) is 6.54 Å². The number of aromatic nitrogens is 4. The molecule has 0 atom stereocenters. The molecule has 0 fully saturated rings. The van der Waals surface area contributed by atoms with Crippen molar-refractivity contribution in [3.8, 4) is 0 Å². The first kappa shape index (κ1) is 20.8. The summed E-state index contributed by atoms with van der Waals surface area (Å²) in [6, 6.07) is 9.51. The van der Waals surface area contributed by atoms with E-state index in [2.05, 4.69) is 51.9 Å². The number of hydrogen-bond donors (Lipinski definition) is 3. The topological polar surface area (TPSA) is 81.8 Å². The Balaban J connectivity index is 1.64. The van der Waals surface area contributed by atoms with Gasteiger partial charge in [-0.25, -0.2) is 4.98 Å². The first-order valence-electron chi connectivity index (χ1n) is 8.23. The molecule has 3 N–H and O–H groups in total. The van der Waals surface area contributed by atoms with Crippen LogP contribution >= 0.6 is 51.3 Å². The number of benzene rings is 1. The zero-order chi connectivity index (χ0) is 19.9. The molecule has 11 heteroatoms. The number of nitrogens with one attached hydrogen (secondary N) is 3. The van der Waals surface area contributed by atoms with Gasteiger partial charge in [-0.3, -0.25) is 5.10 Å². The third-order valence-corrected chi connectivity index (χ3v) is 5.17. The van der Waals surface area contributed by atoms with Crippen LogP contribution in [-0.4, -0.2) is 38.6 Å². The summed E-state index contributed by atoms with van der Waals surface area (Å²) in [6.45, 7) is 1.88. The molecule has 2 aromatic heterocycles. The third kappa shape index (κ3) is 6.03. The van der Waals surface area contributed by atoms with Crippen LogP contribution in [-0.2, 0) is 6.54 Å². The summed E-state index contributed by atoms with van der Waals surface area (Å²) >= 11 is 20.9. The van der Waals surface area contributed by atoms with Crippen molar-refractivity contribution in [2.75, 3.05) is 23.3 Å². The van der Waals surface area contributed by atoms with Gasteiger partial charge < -0.3 is 15.5 Å². The molecule has 0 spiro atoms. The Morgan fingerprint density at radius 1 is 1.21 bits per heavy atom. The Morgan fingerprint density at radius 3 is 2.75 bits per heavy atom. The van der Waals surface area contributed by atoms with Crippen molar-refractivity contribution in [1.29, 1.82) is 0 Å². The van der Waals surface area contributed by atoms with E-state index in [1.807, 2.05) is 24.3 Å². The molecule has 0 aliphatic carbocycles. The summed E-state index contributed by atoms with van der Waals surface area (Å²) in [4.78, 5) is 6.62. The van der Waals surface area contributed by atoms with Crippen LogP contribution in [0.5, 0.6) is 0 Å². The summed E-state index contributed by atoms with van der Waals surface area (Å²) in [5, 5.41) is 17.7. The van der Waals surface area contributed by atoms with Crippen LogP contribution in [0.15, 0.2) is 47.2 Å². The lowest BCUT2D eigenvalue weighted by Gasteiger charge is -2.24. The first-order chi connectivity index (χ1) is 13.5. The summed E-state index contributed by atoms with van der Waals surface area (Å²) in [7, 11) is 0. The number of anilines is 2. The highest BCUT2D eigenvalue weighted by Gasteiger charge is 2.11. The molecular weight excluding hydrogens is 485 g/mol. The molecule has 1 aromatic carbocycles. The van der Waals surface area contributed by atoms with Crippen LogP contribution in [0.25, 0.3) is 0 Å². The Hall–Kier alpha value is -1.94. The van der Waals surface area contributed by atoms with Gasteiger partial charge in [0.1, 0.15) is 5.82 Å². The highest BCUT2D eigenvalue weighted by atomic mass is 79.9. The van der Waals surface area contributed by atoms with Gasteiger partial charge in [-0.05, 0) is 58.0 Å². The third-order valence-electron chi connectivity index (χ3n) is 3.72. The molecule has 0 aliphatic rings. The molecule has 0 bridgehead atoms. The summed E-state index contributed by atoms with van der Waals surface area (Å²) < 4.78 is 0.918. The lowest BCUT2D eigenvalue weighted by atomic mass is 10.2. The van der Waals surface area contributed by atoms with Crippen LogP contribution in [0.1, 0.15) is 5.56 Å². The first-order valence-corrected chi connectivity index (χ1v) is 10.2. The van der Waals surface area contributed by atoms with Crippen molar-refractivity contribution in [3.05, 3.63) is 62.8 Å². The van der Waals surface area contributed by atoms with Crippen LogP contribution in [0.3, 0.4) is 0 Å². The van der Waals surface area contributed by atoms with Gasteiger partial charge in [-0.1, -0.05) is 34.5 Å². The van der Waals surface area contributed by atoms with Crippen molar-refractivity contribution in [1.82, 2.24) is 25.7 Å². The molecule has 3 aromatic rings. The van der Waals surface area contributed by atoms with E-state index in [0.717, 1.165) is 15.9 Å². The summed E-state index contributed by atoms with van der Waals surface area (Å²) in [6.07, 6.45) is 3.39. The van der Waals surface area contributed by atoms with Gasteiger partial charge in [-0.15, -0.1) is 5.10 Å². The van der Waals surface area contributed by atoms with Gasteiger partial charge in [0.05, 0.1) is 16.2 Å². The fourth-order valence-corrected chi connectivity index (χ4v) is 3.18. The van der Waals surface area contributed by atoms with E-state index >= 15 is 0 Å². The van der Waals surface area contributed by atoms with Gasteiger partial charge in [0.25, 0.3) is 0 Å². The average molecular weight is 501 g/mol. The number of thiocarbonyl (C=S) groups is 1. The molecule has 0 saturated carbocycles. The monoisotopic (exact) mass is 499 g/mol. The van der Waals surface area contributed by atoms with E-state index in [1.165, 1.54) is 0 Å². The molecule has 0 radical (unpaired) electrons. The van der Waals surface area contributed by atoms with Gasteiger partial charge in [-0.2, -0.15) is 0 Å². The number of nitrogens with zero attached hydrogens (tertiary/aromatic N) is 4. The highest BCUT2D eigenvalue weighted by Crippen LogP contribution is 2.24. The Bertz CT molecular complexity index is 922. The van der Waals surface area contributed by atoms with Crippen LogP contribution in [0.2, 0.25) is 10.0 Å². The normalized spacial score (nSPS) is 10.5. The predicted molar refractivity (Wildman–Crippen MR) is 120 cm³/mol. The van der Waals surface area contributed by atoms with Crippen LogP contribution < -0.4 is 15.5 Å². The molecule has 7 nitrogen and oxygen atoms in total. The molecule has 3 rings (SSSR count). The smallest absolute Gasteiger partial charge is 0.174 e. The zero-order valence-corrected chi connectivity index (χ0v) is 18.4. The average Bonchev–Trinajstić information content (AvgIpc) is 3.17. The minimum atomic E-state index is 0.465. The number of aromatic amines is 1. The van der Waals surface area contributed by atoms with Crippen molar-refractivity contribution < 1.29 is 0 Å². The van der Waals surface area contributed by atoms with Gasteiger partial charge in [0, 0.05) is 30.3 Å². The van der Waals surface area contributed by atoms with Gasteiger partial charge in [0.15, 0.2) is 10.9 Å². The second kappa shape index (κ2) is 10.0. The predicted octanol–water partition coefficient (Wildman–Crippen LogP) is 4.26. The molecule has 0 aliphatic heterocycles. The van der Waals surface area contributed by atoms with Crippen molar-refractivity contribution in [2.24, 2.45) is 0 Å². The van der Waals surface area contributed by atoms with Crippen LogP contribution in [0, 0.1) is 0 Å². The van der Waals surface area contributed by atoms with E-state index in [4.69, 9.17) is 35.4 Å². The Labute approximate surface area is 186 Å². The molecule has 0 saturated heterocycles. The summed E-state index contributed by atoms with van der Waals surface area (Å²) in [5.41, 5.74) is 1.03. The van der Waals surface area contributed by atoms with Gasteiger partial charge >= 0.3 is 0 Å². The maximum absolute atomic E-state index is 6.15. The van der Waals surface area contributed by atoms with Crippen molar-refractivity contribution >= 4 is 68.1 Å². The molecule has 2 heterocycles. The molecule has 146 valence electrons. The quantitative estimate of drug-likeness (QED) is 0.418. The maximum Gasteiger partial charge on any atom is 0.174 e. The zero-order valence-electron chi connectivity index (χ0n) is 14.5.